The largest absolute Gasteiger partial charge is 0.497 e. The van der Waals surface area contributed by atoms with Gasteiger partial charge < -0.3 is 29.8 Å². The number of benzene rings is 2. The zero-order valence-corrected chi connectivity index (χ0v) is 15.7. The molecule has 8 nitrogen and oxygen atoms in total. The van der Waals surface area contributed by atoms with E-state index in [1.165, 1.54) is 14.0 Å². The average molecular weight is 383 g/mol. The van der Waals surface area contributed by atoms with E-state index in [-0.39, 0.29) is 17.4 Å². The first-order valence-electron chi connectivity index (χ1n) is 8.49. The van der Waals surface area contributed by atoms with Crippen LogP contribution in [0, 0.1) is 0 Å². The zero-order chi connectivity index (χ0) is 20.1. The molecular formula is C20H21N3O5. The molecule has 3 aromatic rings. The molecule has 0 saturated carbocycles. The number of aliphatic hydroxyl groups is 1. The van der Waals surface area contributed by atoms with Crippen LogP contribution in [0.4, 0.5) is 5.82 Å². The summed E-state index contributed by atoms with van der Waals surface area (Å²) >= 11 is 0. The van der Waals surface area contributed by atoms with Crippen LogP contribution in [0.25, 0.3) is 11.4 Å². The van der Waals surface area contributed by atoms with Crippen molar-refractivity contribution in [1.82, 2.24) is 9.97 Å². The normalized spacial score (nSPS) is 11.6. The van der Waals surface area contributed by atoms with E-state index in [0.29, 0.717) is 28.6 Å². The Morgan fingerprint density at radius 3 is 2.21 bits per heavy atom. The Morgan fingerprint density at radius 2 is 1.61 bits per heavy atom. The number of para-hydroxylation sites is 2. The quantitative estimate of drug-likeness (QED) is 0.599. The van der Waals surface area contributed by atoms with Crippen LogP contribution in [0.1, 0.15) is 6.92 Å². The first-order chi connectivity index (χ1) is 13.5. The molecule has 0 bridgehead atoms. The molecule has 0 saturated heterocycles. The molecule has 0 aliphatic heterocycles. The van der Waals surface area contributed by atoms with E-state index >= 15 is 0 Å². The average Bonchev–Trinajstić information content (AvgIpc) is 2.70. The minimum absolute atomic E-state index is 0.0132. The molecule has 2 aromatic carbocycles. The van der Waals surface area contributed by atoms with E-state index in [0.717, 1.165) is 0 Å². The van der Waals surface area contributed by atoms with Gasteiger partial charge in [-0.05, 0) is 43.3 Å². The van der Waals surface area contributed by atoms with Gasteiger partial charge in [0, 0.05) is 5.56 Å². The lowest BCUT2D eigenvalue weighted by molar-refractivity contribution is -0.00520. The standard InChI is InChI=1S/C20H21N3O5/c1-12(24)27-20-17(28-16-7-5-4-6-15(16)26-3)18(21)22-19(23-20)13-8-10-14(25-2)11-9-13/h4-12,24H,1-3H3,(H2,21,22,23). The lowest BCUT2D eigenvalue weighted by Gasteiger charge is -2.16. The Balaban J connectivity index is 2.04. The molecule has 8 heteroatoms. The van der Waals surface area contributed by atoms with Crippen molar-refractivity contribution in [2.24, 2.45) is 0 Å². The number of nitrogens with two attached hydrogens (primary N) is 1. The Kier molecular flexibility index (Phi) is 5.81. The van der Waals surface area contributed by atoms with Gasteiger partial charge in [-0.1, -0.05) is 12.1 Å². The molecule has 0 amide bonds. The van der Waals surface area contributed by atoms with Crippen LogP contribution in [0.5, 0.6) is 28.9 Å². The molecule has 0 fully saturated rings. The first-order valence-corrected chi connectivity index (χ1v) is 8.49. The van der Waals surface area contributed by atoms with Gasteiger partial charge in [0.25, 0.3) is 5.88 Å². The van der Waals surface area contributed by atoms with Gasteiger partial charge in [-0.2, -0.15) is 4.98 Å². The monoisotopic (exact) mass is 383 g/mol. The number of hydrogen-bond donors (Lipinski definition) is 2. The van der Waals surface area contributed by atoms with Crippen molar-refractivity contribution in [2.45, 2.75) is 13.2 Å². The number of aliphatic hydroxyl groups excluding tert-OH is 1. The second-order valence-electron chi connectivity index (χ2n) is 5.77. The molecule has 0 spiro atoms. The molecule has 3 N–H and O–H groups in total. The van der Waals surface area contributed by atoms with E-state index in [2.05, 4.69) is 9.97 Å². The van der Waals surface area contributed by atoms with Crippen molar-refractivity contribution in [1.29, 1.82) is 0 Å². The summed E-state index contributed by atoms with van der Waals surface area (Å²) < 4.78 is 21.7. The van der Waals surface area contributed by atoms with Gasteiger partial charge in [0.15, 0.2) is 29.4 Å². The Hall–Kier alpha value is -3.52. The molecule has 28 heavy (non-hydrogen) atoms. The third-order valence-corrected chi connectivity index (χ3v) is 3.77. The van der Waals surface area contributed by atoms with Gasteiger partial charge in [0.2, 0.25) is 5.75 Å². The van der Waals surface area contributed by atoms with E-state index in [1.54, 1.807) is 49.6 Å². The summed E-state index contributed by atoms with van der Waals surface area (Å²) in [6.45, 7) is 1.46. The third-order valence-electron chi connectivity index (χ3n) is 3.77. The van der Waals surface area contributed by atoms with E-state index < -0.39 is 6.29 Å². The van der Waals surface area contributed by atoms with Crippen LogP contribution < -0.4 is 24.7 Å². The summed E-state index contributed by atoms with van der Waals surface area (Å²) in [7, 11) is 3.12. The van der Waals surface area contributed by atoms with E-state index in [9.17, 15) is 5.11 Å². The van der Waals surface area contributed by atoms with Gasteiger partial charge >= 0.3 is 0 Å². The smallest absolute Gasteiger partial charge is 0.266 e. The van der Waals surface area contributed by atoms with Gasteiger partial charge in [-0.3, -0.25) is 0 Å². The van der Waals surface area contributed by atoms with Crippen LogP contribution in [0.15, 0.2) is 48.5 Å². The van der Waals surface area contributed by atoms with Crippen LogP contribution in [-0.2, 0) is 0 Å². The SMILES string of the molecule is COc1ccc(-c2nc(N)c(Oc3ccccc3OC)c(OC(C)O)n2)cc1. The van der Waals surface area contributed by atoms with Gasteiger partial charge in [-0.15, -0.1) is 0 Å². The summed E-state index contributed by atoms with van der Waals surface area (Å²) in [5, 5.41) is 9.70. The third kappa shape index (κ3) is 4.24. The fourth-order valence-electron chi connectivity index (χ4n) is 2.47. The number of ether oxygens (including phenoxy) is 4. The highest BCUT2D eigenvalue weighted by atomic mass is 16.6. The maximum Gasteiger partial charge on any atom is 0.266 e. The Morgan fingerprint density at radius 1 is 0.929 bits per heavy atom. The van der Waals surface area contributed by atoms with E-state index in [1.807, 2.05) is 6.07 Å². The molecule has 1 unspecified atom stereocenters. The highest BCUT2D eigenvalue weighted by molar-refractivity contribution is 5.64. The summed E-state index contributed by atoms with van der Waals surface area (Å²) in [4.78, 5) is 8.69. The summed E-state index contributed by atoms with van der Waals surface area (Å²) in [6, 6.07) is 14.2. The predicted molar refractivity (Wildman–Crippen MR) is 104 cm³/mol. The lowest BCUT2D eigenvalue weighted by Crippen LogP contribution is -2.13. The zero-order valence-electron chi connectivity index (χ0n) is 15.7. The van der Waals surface area contributed by atoms with Crippen LogP contribution in [-0.4, -0.2) is 35.6 Å². The minimum atomic E-state index is -1.13. The van der Waals surface area contributed by atoms with Crippen molar-refractivity contribution < 1.29 is 24.1 Å². The molecule has 0 radical (unpaired) electrons. The van der Waals surface area contributed by atoms with E-state index in [4.69, 9.17) is 24.7 Å². The second kappa shape index (κ2) is 8.45. The van der Waals surface area contributed by atoms with Crippen molar-refractivity contribution in [3.8, 4) is 40.3 Å². The minimum Gasteiger partial charge on any atom is -0.497 e. The molecule has 0 aliphatic carbocycles. The van der Waals surface area contributed by atoms with Crippen molar-refractivity contribution in [3.63, 3.8) is 0 Å². The molecule has 1 heterocycles. The fourth-order valence-corrected chi connectivity index (χ4v) is 2.47. The van der Waals surface area contributed by atoms with Gasteiger partial charge in [0.05, 0.1) is 14.2 Å². The fraction of sp³-hybridized carbons (Fsp3) is 0.200. The number of nitrogens with zero attached hydrogens (tertiary/aromatic N) is 2. The van der Waals surface area contributed by atoms with Crippen molar-refractivity contribution in [3.05, 3.63) is 48.5 Å². The first kappa shape index (κ1) is 19.2. The molecule has 1 aromatic heterocycles. The number of hydrogen-bond acceptors (Lipinski definition) is 8. The number of methoxy groups -OCH3 is 2. The Bertz CT molecular complexity index is 945. The number of anilines is 1. The number of nitrogen functional groups attached to an aromatic ring is 1. The lowest BCUT2D eigenvalue weighted by atomic mass is 10.2. The van der Waals surface area contributed by atoms with Crippen LogP contribution in [0.3, 0.4) is 0 Å². The van der Waals surface area contributed by atoms with Crippen LogP contribution in [0.2, 0.25) is 0 Å². The molecule has 1 atom stereocenters. The van der Waals surface area contributed by atoms with Crippen molar-refractivity contribution in [2.75, 3.05) is 20.0 Å². The van der Waals surface area contributed by atoms with Gasteiger partial charge in [0.1, 0.15) is 5.75 Å². The maximum absolute atomic E-state index is 9.70. The summed E-state index contributed by atoms with van der Waals surface area (Å²) in [5.74, 6) is 2.10. The highest BCUT2D eigenvalue weighted by Gasteiger charge is 2.20. The molecular weight excluding hydrogens is 362 g/mol. The van der Waals surface area contributed by atoms with Gasteiger partial charge in [-0.25, -0.2) is 4.98 Å². The molecule has 0 aliphatic rings. The summed E-state index contributed by atoms with van der Waals surface area (Å²) in [6.07, 6.45) is -1.13. The number of rotatable bonds is 7. The highest BCUT2D eigenvalue weighted by Crippen LogP contribution is 2.39. The summed E-state index contributed by atoms with van der Waals surface area (Å²) in [5.41, 5.74) is 6.83. The topological polar surface area (TPSA) is 109 Å². The predicted octanol–water partition coefficient (Wildman–Crippen LogP) is 3.25. The number of aromatic nitrogens is 2. The van der Waals surface area contributed by atoms with Crippen LogP contribution >= 0.6 is 0 Å². The second-order valence-corrected chi connectivity index (χ2v) is 5.77. The van der Waals surface area contributed by atoms with Crippen molar-refractivity contribution >= 4 is 5.82 Å². The molecule has 146 valence electrons. The Labute approximate surface area is 162 Å². The maximum atomic E-state index is 9.70. The molecule has 3 rings (SSSR count).